The number of aromatic nitrogens is 2. The molecule has 0 amide bonds. The van der Waals surface area contributed by atoms with Crippen LogP contribution in [-0.2, 0) is 0 Å². The van der Waals surface area contributed by atoms with Gasteiger partial charge in [0.15, 0.2) is 0 Å². The van der Waals surface area contributed by atoms with Crippen LogP contribution in [0.2, 0.25) is 0 Å². The van der Waals surface area contributed by atoms with E-state index in [1.165, 1.54) is 19.1 Å². The summed E-state index contributed by atoms with van der Waals surface area (Å²) in [5, 5.41) is 4.02. The molecular weight excluding hydrogens is 352 g/mol. The van der Waals surface area contributed by atoms with Crippen LogP contribution in [0.25, 0.3) is 11.0 Å². The van der Waals surface area contributed by atoms with E-state index in [0.717, 1.165) is 29.4 Å². The van der Waals surface area contributed by atoms with Gasteiger partial charge in [0.25, 0.3) is 0 Å². The third-order valence-corrected chi connectivity index (χ3v) is 4.40. The van der Waals surface area contributed by atoms with E-state index in [-0.39, 0.29) is 5.78 Å². The highest BCUT2D eigenvalue weighted by atomic mass is 16.5. The first-order chi connectivity index (χ1) is 13.7. The average molecular weight is 378 g/mol. The predicted molar refractivity (Wildman–Crippen MR) is 113 cm³/mol. The van der Waals surface area contributed by atoms with E-state index in [1.54, 1.807) is 6.07 Å². The van der Waals surface area contributed by atoms with Crippen LogP contribution in [0.15, 0.2) is 47.6 Å². The number of Topliss-reactive ketones (excluding diaryl/α,β-unsaturated/α-hetero) is 1. The topological polar surface area (TPSA) is 79.4 Å². The molecule has 0 saturated heterocycles. The highest BCUT2D eigenvalue weighted by Gasteiger charge is 2.10. The Bertz CT molecular complexity index is 962. The number of imidazole rings is 1. The van der Waals surface area contributed by atoms with E-state index in [2.05, 4.69) is 27.4 Å². The standard InChI is InChI=1S/C22H26N4O2/c1-3-4-5-8-13-28-21-10-7-6-9-17(21)20(27)15-23-26-22-24-18-12-11-16(2)14-19(18)25-22/h6-7,9-12,14-15H,3-5,8,13H2,1-2H3,(H2,24,25,26)/b23-15-. The molecule has 0 unspecified atom stereocenters. The second kappa shape index (κ2) is 9.69. The molecule has 1 aromatic heterocycles. The molecule has 28 heavy (non-hydrogen) atoms. The van der Waals surface area contributed by atoms with Gasteiger partial charge in [-0.2, -0.15) is 5.10 Å². The Morgan fingerprint density at radius 2 is 2.07 bits per heavy atom. The van der Waals surface area contributed by atoms with E-state index >= 15 is 0 Å². The lowest BCUT2D eigenvalue weighted by molar-refractivity contribution is 0.106. The number of hydrogen-bond acceptors (Lipinski definition) is 5. The average Bonchev–Trinajstić information content (AvgIpc) is 3.10. The van der Waals surface area contributed by atoms with Gasteiger partial charge in [0, 0.05) is 0 Å². The van der Waals surface area contributed by atoms with Gasteiger partial charge in [-0.1, -0.05) is 44.4 Å². The smallest absolute Gasteiger partial charge is 0.222 e. The maximum absolute atomic E-state index is 12.5. The molecule has 146 valence electrons. The first-order valence-electron chi connectivity index (χ1n) is 9.69. The molecule has 3 rings (SSSR count). The van der Waals surface area contributed by atoms with Crippen molar-refractivity contribution in [1.29, 1.82) is 0 Å². The fraction of sp³-hybridized carbons (Fsp3) is 0.318. The van der Waals surface area contributed by atoms with Crippen molar-refractivity contribution in [2.24, 2.45) is 5.10 Å². The van der Waals surface area contributed by atoms with Crippen molar-refractivity contribution < 1.29 is 9.53 Å². The van der Waals surface area contributed by atoms with Crippen molar-refractivity contribution in [3.63, 3.8) is 0 Å². The number of nitrogens with one attached hydrogen (secondary N) is 2. The van der Waals surface area contributed by atoms with Gasteiger partial charge < -0.3 is 9.72 Å². The Labute approximate surface area is 165 Å². The lowest BCUT2D eigenvalue weighted by Crippen LogP contribution is -2.07. The molecule has 0 bridgehead atoms. The number of rotatable bonds is 10. The molecule has 0 spiro atoms. The molecule has 2 aromatic carbocycles. The molecule has 0 fully saturated rings. The summed E-state index contributed by atoms with van der Waals surface area (Å²) < 4.78 is 5.80. The molecule has 0 aliphatic rings. The van der Waals surface area contributed by atoms with E-state index in [0.29, 0.717) is 23.9 Å². The summed E-state index contributed by atoms with van der Waals surface area (Å²) in [4.78, 5) is 20.0. The number of aryl methyl sites for hydroxylation is 1. The Kier molecular flexibility index (Phi) is 6.78. The summed E-state index contributed by atoms with van der Waals surface area (Å²) in [6, 6.07) is 13.2. The highest BCUT2D eigenvalue weighted by Crippen LogP contribution is 2.19. The molecule has 1 heterocycles. The molecule has 0 saturated carbocycles. The zero-order chi connectivity index (χ0) is 19.8. The Hall–Kier alpha value is -3.15. The number of ketones is 1. The fourth-order valence-electron chi connectivity index (χ4n) is 2.91. The minimum atomic E-state index is -0.219. The normalized spacial score (nSPS) is 11.2. The van der Waals surface area contributed by atoms with Gasteiger partial charge >= 0.3 is 0 Å². The minimum Gasteiger partial charge on any atom is -0.493 e. The number of benzene rings is 2. The second-order valence-electron chi connectivity index (χ2n) is 6.75. The zero-order valence-corrected chi connectivity index (χ0v) is 16.4. The highest BCUT2D eigenvalue weighted by molar-refractivity contribution is 6.36. The Morgan fingerprint density at radius 1 is 1.21 bits per heavy atom. The number of carbonyl (C=O) groups is 1. The van der Waals surface area contributed by atoms with E-state index in [4.69, 9.17) is 4.74 Å². The second-order valence-corrected chi connectivity index (χ2v) is 6.75. The van der Waals surface area contributed by atoms with Gasteiger partial charge in [-0.15, -0.1) is 0 Å². The Morgan fingerprint density at radius 3 is 2.93 bits per heavy atom. The molecule has 0 aliphatic heterocycles. The lowest BCUT2D eigenvalue weighted by Gasteiger charge is -2.09. The van der Waals surface area contributed by atoms with Crippen LogP contribution in [0.3, 0.4) is 0 Å². The van der Waals surface area contributed by atoms with Crippen molar-refractivity contribution in [3.8, 4) is 5.75 Å². The third kappa shape index (κ3) is 5.19. The molecule has 3 aromatic rings. The van der Waals surface area contributed by atoms with Crippen LogP contribution in [0.5, 0.6) is 5.75 Å². The molecule has 0 radical (unpaired) electrons. The number of aromatic amines is 1. The van der Waals surface area contributed by atoms with Crippen LogP contribution >= 0.6 is 0 Å². The third-order valence-electron chi connectivity index (χ3n) is 4.40. The number of ether oxygens (including phenoxy) is 1. The monoisotopic (exact) mass is 378 g/mol. The molecule has 0 atom stereocenters. The number of nitrogens with zero attached hydrogens (tertiary/aromatic N) is 2. The molecule has 6 nitrogen and oxygen atoms in total. The summed E-state index contributed by atoms with van der Waals surface area (Å²) in [5.74, 6) is 0.864. The van der Waals surface area contributed by atoms with Crippen LogP contribution in [0.1, 0.15) is 48.5 Å². The van der Waals surface area contributed by atoms with E-state index < -0.39 is 0 Å². The van der Waals surface area contributed by atoms with Gasteiger partial charge in [-0.25, -0.2) is 10.4 Å². The Balaban J connectivity index is 1.60. The molecule has 0 aliphatic carbocycles. The summed E-state index contributed by atoms with van der Waals surface area (Å²) in [6.07, 6.45) is 5.75. The van der Waals surface area contributed by atoms with Gasteiger partial charge in [0.05, 0.1) is 29.4 Å². The zero-order valence-electron chi connectivity index (χ0n) is 16.4. The first kappa shape index (κ1) is 19.6. The number of H-pyrrole nitrogens is 1. The number of hydrogen-bond donors (Lipinski definition) is 2. The van der Waals surface area contributed by atoms with Gasteiger partial charge in [0.1, 0.15) is 5.75 Å². The van der Waals surface area contributed by atoms with Crippen molar-refractivity contribution >= 4 is 29.0 Å². The lowest BCUT2D eigenvalue weighted by atomic mass is 10.1. The largest absolute Gasteiger partial charge is 0.493 e. The predicted octanol–water partition coefficient (Wildman–Crippen LogP) is 5.11. The SMILES string of the molecule is CCCCCCOc1ccccc1C(=O)/C=N\Nc1nc2ccc(C)cc2[nH]1. The van der Waals surface area contributed by atoms with Crippen LogP contribution in [-0.4, -0.2) is 28.6 Å². The molecule has 6 heteroatoms. The van der Waals surface area contributed by atoms with E-state index in [1.807, 2.05) is 43.3 Å². The summed E-state index contributed by atoms with van der Waals surface area (Å²) in [6.45, 7) is 4.81. The van der Waals surface area contributed by atoms with Gasteiger partial charge in [0.2, 0.25) is 11.7 Å². The number of carbonyl (C=O) groups excluding carboxylic acids is 1. The number of anilines is 1. The van der Waals surface area contributed by atoms with Crippen molar-refractivity contribution in [2.75, 3.05) is 12.0 Å². The van der Waals surface area contributed by atoms with Crippen molar-refractivity contribution in [1.82, 2.24) is 9.97 Å². The number of unbranched alkanes of at least 4 members (excludes halogenated alkanes) is 3. The van der Waals surface area contributed by atoms with Gasteiger partial charge in [-0.3, -0.25) is 4.79 Å². The minimum absolute atomic E-state index is 0.219. The van der Waals surface area contributed by atoms with Crippen LogP contribution in [0, 0.1) is 6.92 Å². The van der Waals surface area contributed by atoms with Crippen LogP contribution in [0.4, 0.5) is 5.95 Å². The summed E-state index contributed by atoms with van der Waals surface area (Å²) in [7, 11) is 0. The van der Waals surface area contributed by atoms with Gasteiger partial charge in [-0.05, 0) is 43.2 Å². The number of para-hydroxylation sites is 1. The first-order valence-corrected chi connectivity index (χ1v) is 9.69. The quantitative estimate of drug-likeness (QED) is 0.222. The number of hydrazone groups is 1. The summed E-state index contributed by atoms with van der Waals surface area (Å²) >= 11 is 0. The fourth-order valence-corrected chi connectivity index (χ4v) is 2.91. The van der Waals surface area contributed by atoms with Crippen LogP contribution < -0.4 is 10.2 Å². The maximum Gasteiger partial charge on any atom is 0.222 e. The number of fused-ring (bicyclic) bond motifs is 1. The molecular formula is C22H26N4O2. The maximum atomic E-state index is 12.5. The molecule has 2 N–H and O–H groups in total. The summed E-state index contributed by atoms with van der Waals surface area (Å²) in [5.41, 5.74) is 6.20. The van der Waals surface area contributed by atoms with Crippen molar-refractivity contribution in [2.45, 2.75) is 39.5 Å². The van der Waals surface area contributed by atoms with E-state index in [9.17, 15) is 4.79 Å². The van der Waals surface area contributed by atoms with Crippen molar-refractivity contribution in [3.05, 3.63) is 53.6 Å².